The number of rotatable bonds is 4. The number of morpholine rings is 1. The molecule has 1 spiro atoms. The van der Waals surface area contributed by atoms with Crippen molar-refractivity contribution in [1.29, 1.82) is 0 Å². The van der Waals surface area contributed by atoms with Crippen molar-refractivity contribution in [3.05, 3.63) is 47.8 Å². The number of carbonyl (C=O) groups excluding carboxylic acids is 1. The molecular formula is C23H30N4O3. The zero-order valence-electron chi connectivity index (χ0n) is 18.0. The molecule has 7 nitrogen and oxygen atoms in total. The van der Waals surface area contributed by atoms with Crippen molar-refractivity contribution in [1.82, 2.24) is 14.9 Å². The molecular weight excluding hydrogens is 380 g/mol. The van der Waals surface area contributed by atoms with Gasteiger partial charge in [0.05, 0.1) is 24.9 Å². The largest absolute Gasteiger partial charge is 0.491 e. The molecule has 0 radical (unpaired) electrons. The highest BCUT2D eigenvalue weighted by Gasteiger charge is 2.41. The molecule has 1 aromatic heterocycles. The quantitative estimate of drug-likeness (QED) is 0.772. The standard InChI is InChI=1S/C23H30N4O3/c1-17(2)30-20-6-5-19(15-18(20)3)21(28)26-11-7-23(8-12-26)16-27(13-14-29-23)22-24-9-4-10-25-22/h4-6,9-10,15,17H,7-8,11-14,16H2,1-3H3. The first-order valence-electron chi connectivity index (χ1n) is 10.7. The molecule has 0 aliphatic carbocycles. The van der Waals surface area contributed by atoms with Gasteiger partial charge in [-0.15, -0.1) is 0 Å². The number of likely N-dealkylation sites (tertiary alicyclic amines) is 1. The van der Waals surface area contributed by atoms with E-state index in [2.05, 4.69) is 14.9 Å². The first-order valence-corrected chi connectivity index (χ1v) is 10.7. The van der Waals surface area contributed by atoms with Gasteiger partial charge in [0.1, 0.15) is 5.75 Å². The molecule has 4 rings (SSSR count). The first kappa shape index (κ1) is 20.6. The molecule has 30 heavy (non-hydrogen) atoms. The van der Waals surface area contributed by atoms with E-state index in [1.807, 2.05) is 49.9 Å². The van der Waals surface area contributed by atoms with E-state index in [1.54, 1.807) is 12.4 Å². The molecule has 2 fully saturated rings. The lowest BCUT2D eigenvalue weighted by atomic mass is 9.89. The lowest BCUT2D eigenvalue weighted by Crippen LogP contribution is -2.58. The fraction of sp³-hybridized carbons (Fsp3) is 0.522. The molecule has 0 atom stereocenters. The van der Waals surface area contributed by atoms with Crippen LogP contribution in [0.4, 0.5) is 5.95 Å². The summed E-state index contributed by atoms with van der Waals surface area (Å²) < 4.78 is 12.0. The summed E-state index contributed by atoms with van der Waals surface area (Å²) in [5.74, 6) is 1.65. The van der Waals surface area contributed by atoms with Crippen molar-refractivity contribution in [3.63, 3.8) is 0 Å². The summed E-state index contributed by atoms with van der Waals surface area (Å²) in [6.07, 6.45) is 5.28. The highest BCUT2D eigenvalue weighted by molar-refractivity contribution is 5.94. The predicted octanol–water partition coefficient (Wildman–Crippen LogP) is 3.08. The molecule has 2 aliphatic heterocycles. The van der Waals surface area contributed by atoms with Crippen molar-refractivity contribution in [2.24, 2.45) is 0 Å². The van der Waals surface area contributed by atoms with E-state index >= 15 is 0 Å². The van der Waals surface area contributed by atoms with Gasteiger partial charge in [0.15, 0.2) is 0 Å². The van der Waals surface area contributed by atoms with Crippen molar-refractivity contribution in [3.8, 4) is 5.75 Å². The summed E-state index contributed by atoms with van der Waals surface area (Å²) in [5.41, 5.74) is 1.46. The first-order chi connectivity index (χ1) is 14.5. The number of aromatic nitrogens is 2. The van der Waals surface area contributed by atoms with Crippen molar-refractivity contribution >= 4 is 11.9 Å². The van der Waals surface area contributed by atoms with Crippen LogP contribution in [0.2, 0.25) is 0 Å². The van der Waals surface area contributed by atoms with Crippen molar-refractivity contribution < 1.29 is 14.3 Å². The Bertz CT molecular complexity index is 879. The Morgan fingerprint density at radius 3 is 2.57 bits per heavy atom. The highest BCUT2D eigenvalue weighted by atomic mass is 16.5. The summed E-state index contributed by atoms with van der Waals surface area (Å²) in [4.78, 5) is 25.9. The maximum atomic E-state index is 13.1. The third-order valence-corrected chi connectivity index (χ3v) is 5.83. The van der Waals surface area contributed by atoms with Crippen LogP contribution >= 0.6 is 0 Å². The Balaban J connectivity index is 1.39. The van der Waals surface area contributed by atoms with E-state index in [4.69, 9.17) is 9.47 Å². The molecule has 0 bridgehead atoms. The lowest BCUT2D eigenvalue weighted by Gasteiger charge is -2.47. The van der Waals surface area contributed by atoms with Crippen LogP contribution in [0.25, 0.3) is 0 Å². The summed E-state index contributed by atoms with van der Waals surface area (Å²) in [6, 6.07) is 7.52. The Kier molecular flexibility index (Phi) is 5.90. The number of benzene rings is 1. The van der Waals surface area contributed by atoms with Gasteiger partial charge in [-0.2, -0.15) is 0 Å². The SMILES string of the molecule is Cc1cc(C(=O)N2CCC3(CC2)CN(c2ncccn2)CCO3)ccc1OC(C)C. The highest BCUT2D eigenvalue weighted by Crippen LogP contribution is 2.32. The van der Waals surface area contributed by atoms with Crippen LogP contribution in [-0.4, -0.2) is 65.3 Å². The molecule has 0 saturated carbocycles. The van der Waals surface area contributed by atoms with Crippen molar-refractivity contribution in [2.75, 3.05) is 37.7 Å². The minimum Gasteiger partial charge on any atom is -0.491 e. The van der Waals surface area contributed by atoms with Crippen LogP contribution < -0.4 is 9.64 Å². The van der Waals surface area contributed by atoms with Crippen LogP contribution in [-0.2, 0) is 4.74 Å². The smallest absolute Gasteiger partial charge is 0.253 e. The Labute approximate surface area is 178 Å². The average molecular weight is 411 g/mol. The number of piperidine rings is 1. The van der Waals surface area contributed by atoms with Gasteiger partial charge in [-0.05, 0) is 63.4 Å². The normalized spacial score (nSPS) is 18.7. The van der Waals surface area contributed by atoms with Gasteiger partial charge in [-0.25, -0.2) is 9.97 Å². The molecule has 2 aromatic rings. The molecule has 3 heterocycles. The fourth-order valence-electron chi connectivity index (χ4n) is 4.24. The van der Waals surface area contributed by atoms with Gasteiger partial charge in [-0.3, -0.25) is 4.79 Å². The van der Waals surface area contributed by atoms with Gasteiger partial charge in [-0.1, -0.05) is 0 Å². The fourth-order valence-corrected chi connectivity index (χ4v) is 4.24. The third-order valence-electron chi connectivity index (χ3n) is 5.83. The number of aryl methyl sites for hydroxylation is 1. The number of nitrogens with zero attached hydrogens (tertiary/aromatic N) is 4. The van der Waals surface area contributed by atoms with Crippen LogP contribution in [0.3, 0.4) is 0 Å². The molecule has 1 amide bonds. The second-order valence-electron chi connectivity index (χ2n) is 8.44. The van der Waals surface area contributed by atoms with E-state index in [0.717, 1.165) is 43.2 Å². The number of hydrogen-bond acceptors (Lipinski definition) is 6. The molecule has 2 saturated heterocycles. The van der Waals surface area contributed by atoms with E-state index in [1.165, 1.54) is 0 Å². The maximum Gasteiger partial charge on any atom is 0.253 e. The number of amides is 1. The second kappa shape index (κ2) is 8.60. The number of ether oxygens (including phenoxy) is 2. The van der Waals surface area contributed by atoms with E-state index in [9.17, 15) is 4.79 Å². The Morgan fingerprint density at radius 1 is 1.17 bits per heavy atom. The van der Waals surface area contributed by atoms with Crippen molar-refractivity contribution in [2.45, 2.75) is 45.3 Å². The van der Waals surface area contributed by atoms with Gasteiger partial charge < -0.3 is 19.3 Å². The van der Waals surface area contributed by atoms with Crippen LogP contribution in [0.1, 0.15) is 42.6 Å². The molecule has 0 unspecified atom stereocenters. The zero-order valence-corrected chi connectivity index (χ0v) is 18.0. The second-order valence-corrected chi connectivity index (χ2v) is 8.44. The van der Waals surface area contributed by atoms with Crippen LogP contribution in [0.15, 0.2) is 36.7 Å². The minimum atomic E-state index is -0.237. The van der Waals surface area contributed by atoms with E-state index in [-0.39, 0.29) is 17.6 Å². The van der Waals surface area contributed by atoms with E-state index in [0.29, 0.717) is 25.3 Å². The van der Waals surface area contributed by atoms with Gasteiger partial charge >= 0.3 is 0 Å². The lowest BCUT2D eigenvalue weighted by molar-refractivity contribution is -0.0872. The summed E-state index contributed by atoms with van der Waals surface area (Å²) in [7, 11) is 0. The van der Waals surface area contributed by atoms with E-state index < -0.39 is 0 Å². The molecule has 1 aromatic carbocycles. The summed E-state index contributed by atoms with van der Waals surface area (Å²) >= 11 is 0. The van der Waals surface area contributed by atoms with Crippen LogP contribution in [0.5, 0.6) is 5.75 Å². The number of hydrogen-bond donors (Lipinski definition) is 0. The topological polar surface area (TPSA) is 67.8 Å². The number of carbonyl (C=O) groups is 1. The van der Waals surface area contributed by atoms with Gasteiger partial charge in [0.2, 0.25) is 5.95 Å². The molecule has 0 N–H and O–H groups in total. The molecule has 7 heteroatoms. The Morgan fingerprint density at radius 2 is 1.90 bits per heavy atom. The predicted molar refractivity (Wildman–Crippen MR) is 115 cm³/mol. The van der Waals surface area contributed by atoms with Gasteiger partial charge in [0.25, 0.3) is 5.91 Å². The average Bonchev–Trinajstić information content (AvgIpc) is 2.76. The van der Waals surface area contributed by atoms with Gasteiger partial charge in [0, 0.05) is 37.6 Å². The minimum absolute atomic E-state index is 0.0723. The molecule has 2 aliphatic rings. The third kappa shape index (κ3) is 4.41. The maximum absolute atomic E-state index is 13.1. The monoisotopic (exact) mass is 410 g/mol. The van der Waals surface area contributed by atoms with Crippen LogP contribution in [0, 0.1) is 6.92 Å². The Hall–Kier alpha value is -2.67. The summed E-state index contributed by atoms with van der Waals surface area (Å²) in [5, 5.41) is 0. The zero-order chi connectivity index (χ0) is 21.1. The molecule has 160 valence electrons. The number of anilines is 1. The summed E-state index contributed by atoms with van der Waals surface area (Å²) in [6.45, 7) is 9.56.